The molecule has 1 aliphatic rings. The van der Waals surface area contributed by atoms with Gasteiger partial charge in [-0.1, -0.05) is 6.92 Å². The average molecular weight is 244 g/mol. The molecular formula is C13H28N2O2. The number of nitrogens with zero attached hydrogens (tertiary/aromatic N) is 1. The van der Waals surface area contributed by atoms with Gasteiger partial charge in [-0.15, -0.1) is 0 Å². The molecule has 1 N–H and O–H groups in total. The van der Waals surface area contributed by atoms with Gasteiger partial charge in [-0.3, -0.25) is 4.90 Å². The first-order valence-electron chi connectivity index (χ1n) is 6.90. The van der Waals surface area contributed by atoms with Crippen LogP contribution >= 0.6 is 0 Å². The summed E-state index contributed by atoms with van der Waals surface area (Å²) < 4.78 is 10.5. The summed E-state index contributed by atoms with van der Waals surface area (Å²) >= 11 is 0. The van der Waals surface area contributed by atoms with Gasteiger partial charge in [0.25, 0.3) is 0 Å². The predicted molar refractivity (Wildman–Crippen MR) is 70.5 cm³/mol. The first kappa shape index (κ1) is 14.9. The van der Waals surface area contributed by atoms with Crippen LogP contribution < -0.4 is 5.32 Å². The quantitative estimate of drug-likeness (QED) is 0.616. The molecule has 1 saturated heterocycles. The molecule has 0 amide bonds. The van der Waals surface area contributed by atoms with Crippen LogP contribution in [0.25, 0.3) is 0 Å². The second kappa shape index (κ2) is 9.83. The number of nitrogens with one attached hydrogen (secondary N) is 1. The van der Waals surface area contributed by atoms with E-state index in [-0.39, 0.29) is 0 Å². The van der Waals surface area contributed by atoms with Gasteiger partial charge in [-0.2, -0.15) is 0 Å². The highest BCUT2D eigenvalue weighted by Crippen LogP contribution is 2.11. The Balaban J connectivity index is 2.17. The van der Waals surface area contributed by atoms with Gasteiger partial charge in [0.15, 0.2) is 0 Å². The van der Waals surface area contributed by atoms with Crippen LogP contribution in [0.1, 0.15) is 26.2 Å². The monoisotopic (exact) mass is 244 g/mol. The highest BCUT2D eigenvalue weighted by atomic mass is 16.5. The number of methoxy groups -OCH3 is 1. The molecule has 0 atom stereocenters. The van der Waals surface area contributed by atoms with E-state index in [0.717, 1.165) is 32.3 Å². The largest absolute Gasteiger partial charge is 0.382 e. The topological polar surface area (TPSA) is 33.7 Å². The van der Waals surface area contributed by atoms with E-state index in [9.17, 15) is 0 Å². The van der Waals surface area contributed by atoms with Gasteiger partial charge in [-0.05, 0) is 38.9 Å². The van der Waals surface area contributed by atoms with Gasteiger partial charge < -0.3 is 14.8 Å². The van der Waals surface area contributed by atoms with E-state index in [1.807, 2.05) is 0 Å². The van der Waals surface area contributed by atoms with Crippen molar-refractivity contribution in [2.45, 2.75) is 32.2 Å². The Bertz CT molecular complexity index is 173. The molecule has 0 radical (unpaired) electrons. The van der Waals surface area contributed by atoms with Crippen molar-refractivity contribution in [3.05, 3.63) is 0 Å². The van der Waals surface area contributed by atoms with Crippen molar-refractivity contribution < 1.29 is 9.47 Å². The van der Waals surface area contributed by atoms with Gasteiger partial charge in [-0.25, -0.2) is 0 Å². The number of rotatable bonds is 9. The second-order valence-electron chi connectivity index (χ2n) is 4.62. The van der Waals surface area contributed by atoms with Crippen molar-refractivity contribution in [3.8, 4) is 0 Å². The molecule has 0 aromatic heterocycles. The lowest BCUT2D eigenvalue weighted by Crippen LogP contribution is -2.44. The van der Waals surface area contributed by atoms with E-state index < -0.39 is 0 Å². The molecule has 0 aromatic carbocycles. The summed E-state index contributed by atoms with van der Waals surface area (Å²) in [6, 6.07) is 0.752. The Hall–Kier alpha value is -0.160. The van der Waals surface area contributed by atoms with Gasteiger partial charge in [0.05, 0.1) is 19.8 Å². The second-order valence-corrected chi connectivity index (χ2v) is 4.62. The number of ether oxygens (including phenoxy) is 2. The number of piperidine rings is 1. The van der Waals surface area contributed by atoms with Crippen molar-refractivity contribution >= 4 is 0 Å². The Morgan fingerprint density at radius 2 is 1.88 bits per heavy atom. The maximum atomic E-state index is 5.56. The fraction of sp³-hybridized carbons (Fsp3) is 1.00. The van der Waals surface area contributed by atoms with E-state index in [4.69, 9.17) is 9.47 Å². The van der Waals surface area contributed by atoms with E-state index >= 15 is 0 Å². The van der Waals surface area contributed by atoms with Crippen LogP contribution in [0.4, 0.5) is 0 Å². The minimum atomic E-state index is 0.696. The molecule has 1 fully saturated rings. The number of hydrogen-bond acceptors (Lipinski definition) is 4. The maximum absolute atomic E-state index is 5.56. The van der Waals surface area contributed by atoms with Crippen LogP contribution in [-0.4, -0.2) is 64.1 Å². The van der Waals surface area contributed by atoms with Crippen LogP contribution in [0.3, 0.4) is 0 Å². The van der Waals surface area contributed by atoms with Crippen LogP contribution in [0.5, 0.6) is 0 Å². The van der Waals surface area contributed by atoms with E-state index in [2.05, 4.69) is 17.1 Å². The molecule has 0 bridgehead atoms. The van der Waals surface area contributed by atoms with Crippen molar-refractivity contribution in [3.63, 3.8) is 0 Å². The molecule has 1 aliphatic heterocycles. The summed E-state index contributed by atoms with van der Waals surface area (Å²) in [6.07, 6.45) is 3.78. The molecule has 0 aromatic rings. The molecule has 0 saturated carbocycles. The SMILES string of the molecule is CCCN(CCOCCOC)C1CCNCC1. The zero-order valence-electron chi connectivity index (χ0n) is 11.4. The van der Waals surface area contributed by atoms with Gasteiger partial charge >= 0.3 is 0 Å². The summed E-state index contributed by atoms with van der Waals surface area (Å²) in [5.74, 6) is 0. The third-order valence-corrected chi connectivity index (χ3v) is 3.29. The molecule has 4 heteroatoms. The van der Waals surface area contributed by atoms with E-state index in [1.165, 1.54) is 25.8 Å². The fourth-order valence-electron chi connectivity index (χ4n) is 2.36. The van der Waals surface area contributed by atoms with Gasteiger partial charge in [0, 0.05) is 19.7 Å². The third-order valence-electron chi connectivity index (χ3n) is 3.29. The maximum Gasteiger partial charge on any atom is 0.0700 e. The normalized spacial score (nSPS) is 17.8. The smallest absolute Gasteiger partial charge is 0.0700 e. The van der Waals surface area contributed by atoms with Gasteiger partial charge in [0.2, 0.25) is 0 Å². The minimum Gasteiger partial charge on any atom is -0.382 e. The van der Waals surface area contributed by atoms with Crippen LogP contribution in [0.2, 0.25) is 0 Å². The Morgan fingerprint density at radius 1 is 1.12 bits per heavy atom. The van der Waals surface area contributed by atoms with Crippen molar-refractivity contribution in [2.24, 2.45) is 0 Å². The van der Waals surface area contributed by atoms with E-state index in [1.54, 1.807) is 7.11 Å². The zero-order valence-corrected chi connectivity index (χ0v) is 11.4. The number of hydrogen-bond donors (Lipinski definition) is 1. The van der Waals surface area contributed by atoms with Crippen LogP contribution in [-0.2, 0) is 9.47 Å². The highest BCUT2D eigenvalue weighted by Gasteiger charge is 2.19. The average Bonchev–Trinajstić information content (AvgIpc) is 2.38. The Labute approximate surface area is 106 Å². The lowest BCUT2D eigenvalue weighted by molar-refractivity contribution is 0.0457. The minimum absolute atomic E-state index is 0.696. The summed E-state index contributed by atoms with van der Waals surface area (Å²) in [6.45, 7) is 9.06. The third kappa shape index (κ3) is 6.36. The van der Waals surface area contributed by atoms with E-state index in [0.29, 0.717) is 13.2 Å². The first-order valence-corrected chi connectivity index (χ1v) is 6.90. The lowest BCUT2D eigenvalue weighted by atomic mass is 10.0. The molecule has 0 unspecified atom stereocenters. The molecule has 1 heterocycles. The van der Waals surface area contributed by atoms with Crippen molar-refractivity contribution in [2.75, 3.05) is 53.1 Å². The predicted octanol–water partition coefficient (Wildman–Crippen LogP) is 1.11. The summed E-state index contributed by atoms with van der Waals surface area (Å²) in [5.41, 5.74) is 0. The lowest BCUT2D eigenvalue weighted by Gasteiger charge is -2.34. The summed E-state index contributed by atoms with van der Waals surface area (Å²) in [5, 5.41) is 3.42. The Morgan fingerprint density at radius 3 is 2.53 bits per heavy atom. The molecule has 0 aliphatic carbocycles. The molecule has 4 nitrogen and oxygen atoms in total. The molecule has 0 spiro atoms. The Kier molecular flexibility index (Phi) is 8.61. The molecule has 1 rings (SSSR count). The van der Waals surface area contributed by atoms with Crippen LogP contribution in [0.15, 0.2) is 0 Å². The van der Waals surface area contributed by atoms with Crippen LogP contribution in [0, 0.1) is 0 Å². The molecular weight excluding hydrogens is 216 g/mol. The first-order chi connectivity index (χ1) is 8.38. The fourth-order valence-corrected chi connectivity index (χ4v) is 2.36. The summed E-state index contributed by atoms with van der Waals surface area (Å²) in [4.78, 5) is 2.59. The standard InChI is InChI=1S/C13H28N2O2/c1-3-8-15(9-10-17-12-11-16-2)13-4-6-14-7-5-13/h13-14H,3-12H2,1-2H3. The molecule has 17 heavy (non-hydrogen) atoms. The summed E-state index contributed by atoms with van der Waals surface area (Å²) in [7, 11) is 1.71. The highest BCUT2D eigenvalue weighted by molar-refractivity contribution is 4.77. The zero-order chi connectivity index (χ0) is 12.3. The molecule has 102 valence electrons. The van der Waals surface area contributed by atoms with Crippen molar-refractivity contribution in [1.29, 1.82) is 0 Å². The van der Waals surface area contributed by atoms with Crippen molar-refractivity contribution in [1.82, 2.24) is 10.2 Å². The van der Waals surface area contributed by atoms with Gasteiger partial charge in [0.1, 0.15) is 0 Å².